The highest BCUT2D eigenvalue weighted by Gasteiger charge is 2.13. The lowest BCUT2D eigenvalue weighted by Crippen LogP contribution is -2.23. The standard InChI is InChI=1S/C22H32O5S/c1-2-6-19(23)17-21(24)25-14-5-16-28-20-10-8-18(9-11-20)12-15-27-22-7-3-4-13-26-22/h8-11,22H,2-7,12-17H2,1H3. The highest BCUT2D eigenvalue weighted by Crippen LogP contribution is 2.20. The fourth-order valence-electron chi connectivity index (χ4n) is 2.92. The van der Waals surface area contributed by atoms with E-state index in [1.54, 1.807) is 11.8 Å². The van der Waals surface area contributed by atoms with Crippen molar-refractivity contribution in [3.63, 3.8) is 0 Å². The molecule has 1 unspecified atom stereocenters. The lowest BCUT2D eigenvalue weighted by Gasteiger charge is -2.22. The maximum atomic E-state index is 11.5. The molecule has 1 atom stereocenters. The van der Waals surface area contributed by atoms with Crippen LogP contribution in [0.5, 0.6) is 0 Å². The number of rotatable bonds is 13. The summed E-state index contributed by atoms with van der Waals surface area (Å²) >= 11 is 1.74. The van der Waals surface area contributed by atoms with Crippen LogP contribution in [0.1, 0.15) is 57.4 Å². The number of hydrogen-bond donors (Lipinski definition) is 0. The lowest BCUT2D eigenvalue weighted by molar-refractivity contribution is -0.161. The van der Waals surface area contributed by atoms with Crippen molar-refractivity contribution in [3.8, 4) is 0 Å². The van der Waals surface area contributed by atoms with E-state index < -0.39 is 5.97 Å². The van der Waals surface area contributed by atoms with Crippen LogP contribution < -0.4 is 0 Å². The molecular formula is C22H32O5S. The Morgan fingerprint density at radius 1 is 1.18 bits per heavy atom. The molecule has 1 aliphatic heterocycles. The van der Waals surface area contributed by atoms with Crippen LogP contribution in [-0.4, -0.2) is 43.6 Å². The molecule has 156 valence electrons. The Bertz CT molecular complexity index is 581. The first-order chi connectivity index (χ1) is 13.7. The molecule has 1 aromatic carbocycles. The Labute approximate surface area is 172 Å². The van der Waals surface area contributed by atoms with Gasteiger partial charge < -0.3 is 14.2 Å². The summed E-state index contributed by atoms with van der Waals surface area (Å²) in [5, 5.41) is 0. The third-order valence-corrected chi connectivity index (χ3v) is 5.54. The van der Waals surface area contributed by atoms with Gasteiger partial charge in [-0.15, -0.1) is 11.8 Å². The van der Waals surface area contributed by atoms with E-state index in [1.165, 1.54) is 16.9 Å². The Hall–Kier alpha value is -1.37. The molecule has 1 aromatic rings. The topological polar surface area (TPSA) is 61.8 Å². The van der Waals surface area contributed by atoms with Gasteiger partial charge in [-0.3, -0.25) is 9.59 Å². The number of esters is 1. The van der Waals surface area contributed by atoms with Gasteiger partial charge in [-0.05, 0) is 56.2 Å². The van der Waals surface area contributed by atoms with Crippen molar-refractivity contribution in [2.75, 3.05) is 25.6 Å². The van der Waals surface area contributed by atoms with Gasteiger partial charge in [0.2, 0.25) is 0 Å². The van der Waals surface area contributed by atoms with Crippen molar-refractivity contribution in [1.82, 2.24) is 0 Å². The van der Waals surface area contributed by atoms with Crippen LogP contribution in [0.25, 0.3) is 0 Å². The van der Waals surface area contributed by atoms with E-state index >= 15 is 0 Å². The molecule has 0 radical (unpaired) electrons. The van der Waals surface area contributed by atoms with E-state index in [0.29, 0.717) is 19.6 Å². The zero-order chi connectivity index (χ0) is 20.0. The SMILES string of the molecule is CCCC(=O)CC(=O)OCCCSc1ccc(CCOC2CCCCO2)cc1. The van der Waals surface area contributed by atoms with Crippen molar-refractivity contribution >= 4 is 23.5 Å². The van der Waals surface area contributed by atoms with Gasteiger partial charge in [0.05, 0.1) is 13.2 Å². The van der Waals surface area contributed by atoms with Gasteiger partial charge in [-0.1, -0.05) is 19.1 Å². The average molecular weight is 409 g/mol. The largest absolute Gasteiger partial charge is 0.465 e. The summed E-state index contributed by atoms with van der Waals surface area (Å²) in [6, 6.07) is 8.50. The molecule has 0 N–H and O–H groups in total. The molecule has 0 bridgehead atoms. The highest BCUT2D eigenvalue weighted by atomic mass is 32.2. The highest BCUT2D eigenvalue weighted by molar-refractivity contribution is 7.99. The fraction of sp³-hybridized carbons (Fsp3) is 0.636. The lowest BCUT2D eigenvalue weighted by atomic mass is 10.1. The van der Waals surface area contributed by atoms with E-state index in [2.05, 4.69) is 24.3 Å². The summed E-state index contributed by atoms with van der Waals surface area (Å²) in [6.07, 6.45) is 6.08. The molecule has 5 nitrogen and oxygen atoms in total. The van der Waals surface area contributed by atoms with Gasteiger partial charge in [0.15, 0.2) is 6.29 Å². The summed E-state index contributed by atoms with van der Waals surface area (Å²) in [5.41, 5.74) is 1.26. The molecule has 2 rings (SSSR count). The molecule has 0 aliphatic carbocycles. The first-order valence-electron chi connectivity index (χ1n) is 10.3. The molecule has 0 spiro atoms. The summed E-state index contributed by atoms with van der Waals surface area (Å²) in [7, 11) is 0. The van der Waals surface area contributed by atoms with E-state index in [-0.39, 0.29) is 18.5 Å². The number of benzene rings is 1. The number of hydrogen-bond acceptors (Lipinski definition) is 6. The zero-order valence-electron chi connectivity index (χ0n) is 16.8. The van der Waals surface area contributed by atoms with Gasteiger partial charge in [0.1, 0.15) is 12.2 Å². The molecule has 6 heteroatoms. The van der Waals surface area contributed by atoms with Gasteiger partial charge in [-0.25, -0.2) is 0 Å². The Morgan fingerprint density at radius 3 is 2.71 bits per heavy atom. The summed E-state index contributed by atoms with van der Waals surface area (Å²) in [6.45, 7) is 3.78. The molecule has 0 saturated carbocycles. The number of ether oxygens (including phenoxy) is 3. The normalized spacial score (nSPS) is 16.7. The van der Waals surface area contributed by atoms with Crippen LogP contribution in [0.2, 0.25) is 0 Å². The van der Waals surface area contributed by atoms with Crippen molar-refractivity contribution in [1.29, 1.82) is 0 Å². The monoisotopic (exact) mass is 408 g/mol. The van der Waals surface area contributed by atoms with Gasteiger partial charge in [0, 0.05) is 23.7 Å². The summed E-state index contributed by atoms with van der Waals surface area (Å²) in [4.78, 5) is 24.1. The van der Waals surface area contributed by atoms with Crippen LogP contribution in [0.15, 0.2) is 29.2 Å². The smallest absolute Gasteiger partial charge is 0.313 e. The fourth-order valence-corrected chi connectivity index (χ4v) is 3.74. The van der Waals surface area contributed by atoms with Gasteiger partial charge in [-0.2, -0.15) is 0 Å². The molecule has 1 saturated heterocycles. The van der Waals surface area contributed by atoms with Crippen LogP contribution in [0.3, 0.4) is 0 Å². The molecule has 1 heterocycles. The van der Waals surface area contributed by atoms with Crippen LogP contribution in [-0.2, 0) is 30.2 Å². The zero-order valence-corrected chi connectivity index (χ0v) is 17.6. The Balaban J connectivity index is 1.53. The summed E-state index contributed by atoms with van der Waals surface area (Å²) in [5.74, 6) is 0.421. The second-order valence-corrected chi connectivity index (χ2v) is 8.12. The van der Waals surface area contributed by atoms with Crippen molar-refractivity contribution in [2.24, 2.45) is 0 Å². The van der Waals surface area contributed by atoms with Crippen molar-refractivity contribution in [3.05, 3.63) is 29.8 Å². The minimum absolute atomic E-state index is 0.0255. The second kappa shape index (κ2) is 13.7. The number of thioether (sulfide) groups is 1. The second-order valence-electron chi connectivity index (χ2n) is 6.95. The Morgan fingerprint density at radius 2 is 2.00 bits per heavy atom. The van der Waals surface area contributed by atoms with Gasteiger partial charge >= 0.3 is 5.97 Å². The number of carbonyl (C=O) groups excluding carboxylic acids is 2. The predicted molar refractivity (Wildman–Crippen MR) is 111 cm³/mol. The third-order valence-electron chi connectivity index (χ3n) is 4.45. The van der Waals surface area contributed by atoms with E-state index in [0.717, 1.165) is 44.5 Å². The minimum Gasteiger partial charge on any atom is -0.465 e. The van der Waals surface area contributed by atoms with Crippen LogP contribution in [0, 0.1) is 0 Å². The first-order valence-corrected chi connectivity index (χ1v) is 11.3. The molecule has 1 fully saturated rings. The average Bonchev–Trinajstić information content (AvgIpc) is 2.70. The third kappa shape index (κ3) is 9.71. The molecule has 0 amide bonds. The number of Topliss-reactive ketones (excluding diaryl/α,β-unsaturated/α-hetero) is 1. The van der Waals surface area contributed by atoms with Crippen molar-refractivity contribution < 1.29 is 23.8 Å². The quantitative estimate of drug-likeness (QED) is 0.206. The van der Waals surface area contributed by atoms with E-state index in [1.807, 2.05) is 6.92 Å². The number of carbonyl (C=O) groups is 2. The number of ketones is 1. The van der Waals surface area contributed by atoms with E-state index in [9.17, 15) is 9.59 Å². The molecule has 28 heavy (non-hydrogen) atoms. The first kappa shape index (κ1) is 22.9. The Kier molecular flexibility index (Phi) is 11.3. The maximum absolute atomic E-state index is 11.5. The predicted octanol–water partition coefficient (Wildman–Crippen LogP) is 4.56. The van der Waals surface area contributed by atoms with E-state index in [4.69, 9.17) is 14.2 Å². The van der Waals surface area contributed by atoms with Crippen molar-refractivity contribution in [2.45, 2.75) is 69.5 Å². The van der Waals surface area contributed by atoms with Crippen LogP contribution in [0.4, 0.5) is 0 Å². The van der Waals surface area contributed by atoms with Crippen LogP contribution >= 0.6 is 11.8 Å². The molecule has 0 aromatic heterocycles. The molecular weight excluding hydrogens is 376 g/mol. The maximum Gasteiger partial charge on any atom is 0.313 e. The minimum atomic E-state index is -0.409. The molecule has 1 aliphatic rings. The summed E-state index contributed by atoms with van der Waals surface area (Å²) < 4.78 is 16.5. The van der Waals surface area contributed by atoms with Gasteiger partial charge in [0.25, 0.3) is 0 Å².